The lowest BCUT2D eigenvalue weighted by Crippen LogP contribution is -2.60. The number of carbonyl (C=O) groups is 1. The first kappa shape index (κ1) is 30.4. The van der Waals surface area contributed by atoms with Gasteiger partial charge < -0.3 is 54.0 Å². The summed E-state index contributed by atoms with van der Waals surface area (Å²) < 4.78 is 27.6. The van der Waals surface area contributed by atoms with Gasteiger partial charge in [0.15, 0.2) is 5.76 Å². The molecule has 3 aromatic carbocycles. The molecule has 0 radical (unpaired) electrons. The van der Waals surface area contributed by atoms with Gasteiger partial charge in [-0.05, 0) is 48.0 Å². The lowest BCUT2D eigenvalue weighted by Gasteiger charge is -2.39. The topological polar surface area (TPSA) is 206 Å². The standard InChI is InChI=1S/C31H28O13/c1-40-19-9-5-16(6-10-19)29-30(26(37)24-20(34)12-18(33)13-21(24)42-29)44-31-28(39)27(38)25(36)22(43-31)14-41-23(35)11-4-15-2-7-17(32)8-3-15/h2-13,22,25,27-28,31-34,36,38-39H,14H2,1H3/b11-4+. The molecule has 1 fully saturated rings. The van der Waals surface area contributed by atoms with E-state index < -0.39 is 60.2 Å². The highest BCUT2D eigenvalue weighted by Gasteiger charge is 2.46. The minimum Gasteiger partial charge on any atom is -0.508 e. The Morgan fingerprint density at radius 2 is 1.61 bits per heavy atom. The van der Waals surface area contributed by atoms with Crippen LogP contribution in [0.15, 0.2) is 76.0 Å². The van der Waals surface area contributed by atoms with E-state index >= 15 is 0 Å². The van der Waals surface area contributed by atoms with Crippen LogP contribution in [0.2, 0.25) is 0 Å². The number of esters is 1. The van der Waals surface area contributed by atoms with Gasteiger partial charge in [0.05, 0.1) is 7.11 Å². The van der Waals surface area contributed by atoms with Crippen molar-refractivity contribution in [1.29, 1.82) is 0 Å². The Labute approximate surface area is 249 Å². The van der Waals surface area contributed by atoms with Gasteiger partial charge in [0, 0.05) is 23.8 Å². The van der Waals surface area contributed by atoms with Gasteiger partial charge in [-0.25, -0.2) is 4.79 Å². The first-order chi connectivity index (χ1) is 21.0. The quantitative estimate of drug-likeness (QED) is 0.125. The highest BCUT2D eigenvalue weighted by atomic mass is 16.7. The second-order valence-corrected chi connectivity index (χ2v) is 9.84. The molecule has 13 heteroatoms. The molecular weight excluding hydrogens is 580 g/mol. The van der Waals surface area contributed by atoms with Gasteiger partial charge in [0.1, 0.15) is 65.0 Å². The third-order valence-electron chi connectivity index (χ3n) is 6.87. The van der Waals surface area contributed by atoms with Crippen LogP contribution < -0.4 is 14.9 Å². The lowest BCUT2D eigenvalue weighted by atomic mass is 9.99. The fourth-order valence-corrected chi connectivity index (χ4v) is 4.54. The van der Waals surface area contributed by atoms with Crippen molar-refractivity contribution >= 4 is 23.0 Å². The van der Waals surface area contributed by atoms with Crippen LogP contribution >= 0.6 is 0 Å². The fraction of sp³-hybridized carbons (Fsp3) is 0.226. The molecule has 1 saturated heterocycles. The number of ether oxygens (including phenoxy) is 4. The van der Waals surface area contributed by atoms with Crippen LogP contribution in [-0.2, 0) is 14.3 Å². The van der Waals surface area contributed by atoms with Crippen molar-refractivity contribution in [3.63, 3.8) is 0 Å². The number of hydrogen-bond acceptors (Lipinski definition) is 13. The van der Waals surface area contributed by atoms with Gasteiger partial charge >= 0.3 is 5.97 Å². The smallest absolute Gasteiger partial charge is 0.330 e. The van der Waals surface area contributed by atoms with E-state index in [2.05, 4.69) is 0 Å². The molecule has 0 spiro atoms. The molecule has 0 bridgehead atoms. The van der Waals surface area contributed by atoms with E-state index in [0.29, 0.717) is 16.9 Å². The number of fused-ring (bicyclic) bond motifs is 1. The van der Waals surface area contributed by atoms with Crippen LogP contribution in [-0.4, -0.2) is 81.0 Å². The number of hydrogen-bond donors (Lipinski definition) is 6. The van der Waals surface area contributed by atoms with Gasteiger partial charge in [0.25, 0.3) is 0 Å². The molecule has 0 aliphatic carbocycles. The average molecular weight is 609 g/mol. The number of aliphatic hydroxyl groups excluding tert-OH is 3. The number of phenolic OH excluding ortho intramolecular Hbond substituents is 3. The molecule has 1 aliphatic rings. The molecule has 5 atom stereocenters. The summed E-state index contributed by atoms with van der Waals surface area (Å²) in [5.41, 5.74) is -0.159. The summed E-state index contributed by atoms with van der Waals surface area (Å²) >= 11 is 0. The largest absolute Gasteiger partial charge is 0.508 e. The van der Waals surface area contributed by atoms with Crippen molar-refractivity contribution < 1.29 is 58.8 Å². The third-order valence-corrected chi connectivity index (χ3v) is 6.87. The predicted octanol–water partition coefficient (Wildman–Crippen LogP) is 2.03. The summed E-state index contributed by atoms with van der Waals surface area (Å²) in [6.45, 7) is -0.568. The molecule has 44 heavy (non-hydrogen) atoms. The van der Waals surface area contributed by atoms with E-state index in [1.807, 2.05) is 0 Å². The van der Waals surface area contributed by atoms with Gasteiger partial charge in [0.2, 0.25) is 17.5 Å². The maximum absolute atomic E-state index is 13.6. The Kier molecular flexibility index (Phi) is 8.73. The van der Waals surface area contributed by atoms with Crippen LogP contribution in [0.5, 0.6) is 28.7 Å². The molecule has 0 amide bonds. The van der Waals surface area contributed by atoms with Gasteiger partial charge in [-0.15, -0.1) is 0 Å². The van der Waals surface area contributed by atoms with E-state index in [1.165, 1.54) is 25.3 Å². The number of rotatable bonds is 8. The van der Waals surface area contributed by atoms with E-state index in [1.54, 1.807) is 36.4 Å². The molecular formula is C31H28O13. The summed E-state index contributed by atoms with van der Waals surface area (Å²) in [6.07, 6.45) is -6.06. The molecule has 5 rings (SSSR count). The van der Waals surface area contributed by atoms with Crippen molar-refractivity contribution in [3.8, 4) is 40.1 Å². The molecule has 6 N–H and O–H groups in total. The van der Waals surface area contributed by atoms with E-state index in [0.717, 1.165) is 18.2 Å². The molecule has 1 aromatic heterocycles. The normalized spacial score (nSPS) is 21.8. The van der Waals surface area contributed by atoms with Gasteiger partial charge in [-0.2, -0.15) is 0 Å². The summed E-state index contributed by atoms with van der Waals surface area (Å²) in [5.74, 6) is -1.94. The highest BCUT2D eigenvalue weighted by Crippen LogP contribution is 2.37. The first-order valence-corrected chi connectivity index (χ1v) is 13.2. The van der Waals surface area contributed by atoms with Crippen molar-refractivity contribution in [2.75, 3.05) is 13.7 Å². The zero-order valence-corrected chi connectivity index (χ0v) is 23.1. The van der Waals surface area contributed by atoms with Crippen LogP contribution in [0.1, 0.15) is 5.56 Å². The maximum atomic E-state index is 13.6. The summed E-state index contributed by atoms with van der Waals surface area (Å²) in [7, 11) is 1.46. The van der Waals surface area contributed by atoms with E-state index in [9.17, 15) is 40.2 Å². The van der Waals surface area contributed by atoms with Gasteiger partial charge in [-0.1, -0.05) is 12.1 Å². The third kappa shape index (κ3) is 6.31. The molecule has 2 heterocycles. The number of methoxy groups -OCH3 is 1. The maximum Gasteiger partial charge on any atom is 0.330 e. The Balaban J connectivity index is 1.42. The van der Waals surface area contributed by atoms with Crippen LogP contribution in [0.4, 0.5) is 0 Å². The molecule has 230 valence electrons. The summed E-state index contributed by atoms with van der Waals surface area (Å²) in [6, 6.07) is 14.3. The first-order valence-electron chi connectivity index (χ1n) is 13.2. The minimum atomic E-state index is -1.88. The van der Waals surface area contributed by atoms with Crippen LogP contribution in [0, 0.1) is 0 Å². The molecule has 13 nitrogen and oxygen atoms in total. The van der Waals surface area contributed by atoms with Crippen molar-refractivity contribution in [2.24, 2.45) is 0 Å². The predicted molar refractivity (Wildman–Crippen MR) is 153 cm³/mol. The number of carbonyl (C=O) groups excluding carboxylic acids is 1. The van der Waals surface area contributed by atoms with Crippen molar-refractivity contribution in [2.45, 2.75) is 30.7 Å². The van der Waals surface area contributed by atoms with Crippen molar-refractivity contribution in [1.82, 2.24) is 0 Å². The highest BCUT2D eigenvalue weighted by molar-refractivity contribution is 5.88. The monoisotopic (exact) mass is 608 g/mol. The van der Waals surface area contributed by atoms with Crippen molar-refractivity contribution in [3.05, 3.63) is 82.5 Å². The Morgan fingerprint density at radius 1 is 0.909 bits per heavy atom. The van der Waals surface area contributed by atoms with E-state index in [4.69, 9.17) is 23.4 Å². The number of benzene rings is 3. The van der Waals surface area contributed by atoms with E-state index in [-0.39, 0.29) is 28.2 Å². The number of phenols is 3. The van der Waals surface area contributed by atoms with Crippen LogP contribution in [0.25, 0.3) is 28.4 Å². The molecule has 4 aromatic rings. The lowest BCUT2D eigenvalue weighted by molar-refractivity contribution is -0.278. The fourth-order valence-electron chi connectivity index (χ4n) is 4.54. The molecule has 0 saturated carbocycles. The molecule has 5 unspecified atom stereocenters. The number of aliphatic hydroxyl groups is 3. The second kappa shape index (κ2) is 12.7. The second-order valence-electron chi connectivity index (χ2n) is 9.84. The van der Waals surface area contributed by atoms with Crippen LogP contribution in [0.3, 0.4) is 0 Å². The summed E-state index contributed by atoms with van der Waals surface area (Å²) in [5, 5.41) is 61.1. The average Bonchev–Trinajstić information content (AvgIpc) is 3.01. The molecule has 1 aliphatic heterocycles. The Morgan fingerprint density at radius 3 is 2.30 bits per heavy atom. The minimum absolute atomic E-state index is 0.0550. The Hall–Kier alpha value is -5.08. The zero-order chi connectivity index (χ0) is 31.5. The van der Waals surface area contributed by atoms with Gasteiger partial charge in [-0.3, -0.25) is 4.79 Å². The SMILES string of the molecule is COc1ccc(-c2oc3cc(O)cc(O)c3c(=O)c2OC2OC(COC(=O)/C=C/c3ccc(O)cc3)C(O)C(O)C2O)cc1. The number of aromatic hydroxyl groups is 3. The zero-order valence-electron chi connectivity index (χ0n) is 23.1. The summed E-state index contributed by atoms with van der Waals surface area (Å²) in [4.78, 5) is 25.9. The Bertz CT molecular complexity index is 1730.